The first-order valence-corrected chi connectivity index (χ1v) is 10.7. The largest absolute Gasteiger partial charge is 0.271 e. The summed E-state index contributed by atoms with van der Waals surface area (Å²) >= 11 is 5.92. The van der Waals surface area contributed by atoms with Gasteiger partial charge in [-0.2, -0.15) is 5.10 Å². The fourth-order valence-corrected chi connectivity index (χ4v) is 3.93. The van der Waals surface area contributed by atoms with E-state index in [2.05, 4.69) is 10.5 Å². The zero-order chi connectivity index (χ0) is 20.7. The Morgan fingerprint density at radius 1 is 1.14 bits per heavy atom. The summed E-state index contributed by atoms with van der Waals surface area (Å²) in [6, 6.07) is 14.2. The summed E-state index contributed by atoms with van der Waals surface area (Å²) in [5.41, 5.74) is 3.57. The predicted molar refractivity (Wildman–Crippen MR) is 113 cm³/mol. The van der Waals surface area contributed by atoms with Gasteiger partial charge in [0.25, 0.3) is 15.9 Å². The number of hydrogen-bond acceptors (Lipinski definition) is 4. The molecule has 0 fully saturated rings. The van der Waals surface area contributed by atoms with Gasteiger partial charge in [-0.3, -0.25) is 9.10 Å². The van der Waals surface area contributed by atoms with Crippen molar-refractivity contribution in [2.45, 2.75) is 32.1 Å². The molecule has 0 aliphatic rings. The van der Waals surface area contributed by atoms with Crippen molar-refractivity contribution in [2.24, 2.45) is 11.0 Å². The first kappa shape index (κ1) is 21.9. The quantitative estimate of drug-likeness (QED) is 0.515. The van der Waals surface area contributed by atoms with Crippen LogP contribution in [0.1, 0.15) is 27.2 Å². The van der Waals surface area contributed by atoms with E-state index in [1.807, 2.05) is 20.8 Å². The highest BCUT2D eigenvalue weighted by Crippen LogP contribution is 2.25. The van der Waals surface area contributed by atoms with E-state index in [4.69, 9.17) is 11.6 Å². The number of hydrogen-bond donors (Lipinski definition) is 1. The Balaban J connectivity index is 2.32. The molecule has 2 aromatic rings. The number of sulfonamides is 1. The van der Waals surface area contributed by atoms with Crippen molar-refractivity contribution in [3.05, 3.63) is 59.6 Å². The molecular weight excluding hydrogens is 398 g/mol. The number of carbonyl (C=O) groups excluding carboxylic acids is 1. The van der Waals surface area contributed by atoms with Gasteiger partial charge in [0.1, 0.15) is 6.54 Å². The number of anilines is 1. The van der Waals surface area contributed by atoms with E-state index in [9.17, 15) is 13.2 Å². The molecule has 0 spiro atoms. The van der Waals surface area contributed by atoms with Crippen LogP contribution in [0.15, 0.2) is 64.6 Å². The van der Waals surface area contributed by atoms with Crippen molar-refractivity contribution in [2.75, 3.05) is 10.8 Å². The fraction of sp³-hybridized carbons (Fsp3) is 0.300. The van der Waals surface area contributed by atoms with Crippen LogP contribution in [0.5, 0.6) is 0 Å². The van der Waals surface area contributed by atoms with Gasteiger partial charge in [-0.15, -0.1) is 0 Å². The fourth-order valence-electron chi connectivity index (χ4n) is 2.36. The lowest BCUT2D eigenvalue weighted by Gasteiger charge is -2.23. The number of halogens is 1. The third-order valence-corrected chi connectivity index (χ3v) is 6.46. The molecule has 1 N–H and O–H groups in total. The van der Waals surface area contributed by atoms with Crippen LogP contribution in [0.2, 0.25) is 5.02 Å². The molecule has 8 heteroatoms. The Hall–Kier alpha value is -2.38. The molecule has 0 radical (unpaired) electrons. The molecule has 0 aliphatic heterocycles. The predicted octanol–water partition coefficient (Wildman–Crippen LogP) is 4.07. The number of carbonyl (C=O) groups is 1. The van der Waals surface area contributed by atoms with Crippen molar-refractivity contribution >= 4 is 38.9 Å². The van der Waals surface area contributed by atoms with Gasteiger partial charge in [0, 0.05) is 10.7 Å². The topological polar surface area (TPSA) is 78.8 Å². The van der Waals surface area contributed by atoms with Crippen LogP contribution in [0, 0.1) is 5.92 Å². The normalized spacial score (nSPS) is 13.1. The number of amides is 1. The van der Waals surface area contributed by atoms with E-state index in [1.54, 1.807) is 42.5 Å². The van der Waals surface area contributed by atoms with E-state index in [1.165, 1.54) is 12.1 Å². The highest BCUT2D eigenvalue weighted by atomic mass is 35.5. The molecule has 0 saturated heterocycles. The Morgan fingerprint density at radius 3 is 2.32 bits per heavy atom. The highest BCUT2D eigenvalue weighted by Gasteiger charge is 2.27. The van der Waals surface area contributed by atoms with Gasteiger partial charge in [-0.05, 0) is 55.7 Å². The molecule has 2 rings (SSSR count). The van der Waals surface area contributed by atoms with Crippen LogP contribution < -0.4 is 9.73 Å². The van der Waals surface area contributed by atoms with Gasteiger partial charge in [-0.25, -0.2) is 13.8 Å². The molecule has 0 unspecified atom stereocenters. The SMILES string of the molecule is CC[C@@H](C)C(C)=NNC(=O)CN(c1ccc(Cl)cc1)S(=O)(=O)c1ccccc1. The minimum Gasteiger partial charge on any atom is -0.271 e. The lowest BCUT2D eigenvalue weighted by molar-refractivity contribution is -0.119. The highest BCUT2D eigenvalue weighted by molar-refractivity contribution is 7.92. The smallest absolute Gasteiger partial charge is 0.264 e. The number of nitrogens with zero attached hydrogens (tertiary/aromatic N) is 2. The zero-order valence-corrected chi connectivity index (χ0v) is 17.7. The van der Waals surface area contributed by atoms with E-state index in [0.29, 0.717) is 10.7 Å². The van der Waals surface area contributed by atoms with E-state index in [-0.39, 0.29) is 10.8 Å². The third kappa shape index (κ3) is 5.56. The summed E-state index contributed by atoms with van der Waals surface area (Å²) in [5, 5.41) is 4.56. The monoisotopic (exact) mass is 421 g/mol. The molecule has 2 aromatic carbocycles. The first-order chi connectivity index (χ1) is 13.3. The van der Waals surface area contributed by atoms with E-state index >= 15 is 0 Å². The van der Waals surface area contributed by atoms with Gasteiger partial charge < -0.3 is 0 Å². The average Bonchev–Trinajstić information content (AvgIpc) is 2.71. The molecule has 0 aromatic heterocycles. The number of rotatable bonds is 8. The van der Waals surface area contributed by atoms with E-state index < -0.39 is 22.5 Å². The summed E-state index contributed by atoms with van der Waals surface area (Å²) in [7, 11) is -3.94. The second kappa shape index (κ2) is 9.71. The zero-order valence-electron chi connectivity index (χ0n) is 16.1. The van der Waals surface area contributed by atoms with Crippen molar-refractivity contribution in [3.63, 3.8) is 0 Å². The summed E-state index contributed by atoms with van der Waals surface area (Å²) in [5.74, 6) is -0.308. The Bertz CT molecular complexity index is 929. The van der Waals surface area contributed by atoms with Crippen molar-refractivity contribution in [1.82, 2.24) is 5.43 Å². The molecule has 1 amide bonds. The molecule has 1 atom stereocenters. The maximum absolute atomic E-state index is 13.1. The Kier molecular flexibility index (Phi) is 7.60. The van der Waals surface area contributed by atoms with Crippen LogP contribution in [0.4, 0.5) is 5.69 Å². The summed E-state index contributed by atoms with van der Waals surface area (Å²) < 4.78 is 27.3. The Morgan fingerprint density at radius 2 is 1.75 bits per heavy atom. The molecule has 0 heterocycles. The van der Waals surface area contributed by atoms with Gasteiger partial charge >= 0.3 is 0 Å². The van der Waals surface area contributed by atoms with Crippen molar-refractivity contribution < 1.29 is 13.2 Å². The minimum atomic E-state index is -3.94. The molecule has 150 valence electrons. The standard InChI is InChI=1S/C20H24ClN3O3S/c1-4-15(2)16(3)22-23-20(25)14-24(18-12-10-17(21)11-13-18)28(26,27)19-8-6-5-7-9-19/h5-13,15H,4,14H2,1-3H3,(H,23,25)/t15-/m1/s1. The number of nitrogens with one attached hydrogen (secondary N) is 1. The molecule has 0 aliphatic carbocycles. The number of benzene rings is 2. The third-order valence-electron chi connectivity index (χ3n) is 4.42. The maximum Gasteiger partial charge on any atom is 0.264 e. The van der Waals surface area contributed by atoms with Crippen molar-refractivity contribution in [1.29, 1.82) is 0 Å². The molecule has 28 heavy (non-hydrogen) atoms. The van der Waals surface area contributed by atoms with Crippen LogP contribution in [-0.4, -0.2) is 26.6 Å². The Labute approximate surface area is 171 Å². The second-order valence-corrected chi connectivity index (χ2v) is 8.70. The van der Waals surface area contributed by atoms with Gasteiger partial charge in [0.2, 0.25) is 0 Å². The number of hydrazone groups is 1. The van der Waals surface area contributed by atoms with Crippen LogP contribution in [0.25, 0.3) is 0 Å². The first-order valence-electron chi connectivity index (χ1n) is 8.92. The van der Waals surface area contributed by atoms with Crippen LogP contribution >= 0.6 is 11.6 Å². The molecule has 6 nitrogen and oxygen atoms in total. The van der Waals surface area contributed by atoms with Gasteiger partial charge in [0.05, 0.1) is 10.6 Å². The van der Waals surface area contributed by atoms with Crippen molar-refractivity contribution in [3.8, 4) is 0 Å². The molecular formula is C20H24ClN3O3S. The van der Waals surface area contributed by atoms with E-state index in [0.717, 1.165) is 16.4 Å². The second-order valence-electron chi connectivity index (χ2n) is 6.40. The lowest BCUT2D eigenvalue weighted by Crippen LogP contribution is -2.39. The summed E-state index contributed by atoms with van der Waals surface area (Å²) in [4.78, 5) is 12.5. The minimum absolute atomic E-state index is 0.0945. The van der Waals surface area contributed by atoms with Gasteiger partial charge in [0.15, 0.2) is 0 Å². The lowest BCUT2D eigenvalue weighted by atomic mass is 10.1. The summed E-state index contributed by atoms with van der Waals surface area (Å²) in [6.45, 7) is 5.45. The molecule has 0 saturated carbocycles. The van der Waals surface area contributed by atoms with Gasteiger partial charge in [-0.1, -0.05) is 43.6 Å². The van der Waals surface area contributed by atoms with Crippen LogP contribution in [-0.2, 0) is 14.8 Å². The summed E-state index contributed by atoms with van der Waals surface area (Å²) in [6.07, 6.45) is 0.893. The maximum atomic E-state index is 13.1. The van der Waals surface area contributed by atoms with Crippen LogP contribution in [0.3, 0.4) is 0 Å². The molecule has 0 bridgehead atoms. The average molecular weight is 422 g/mol.